The van der Waals surface area contributed by atoms with Gasteiger partial charge in [-0.1, -0.05) is 25.0 Å². The van der Waals surface area contributed by atoms with E-state index in [1.54, 1.807) is 0 Å². The van der Waals surface area contributed by atoms with Crippen molar-refractivity contribution in [3.05, 3.63) is 12.2 Å². The van der Waals surface area contributed by atoms with Crippen LogP contribution in [0.5, 0.6) is 0 Å². The summed E-state index contributed by atoms with van der Waals surface area (Å²) in [5.41, 5.74) is 0. The number of amides is 1. The van der Waals surface area contributed by atoms with Crippen LogP contribution in [0, 0.1) is 5.92 Å². The number of allylic oxidation sites excluding steroid dienone is 2. The maximum atomic E-state index is 12.5. The van der Waals surface area contributed by atoms with E-state index in [-0.39, 0.29) is 5.92 Å². The Morgan fingerprint density at radius 1 is 0.947 bits per heavy atom. The predicted octanol–water partition coefficient (Wildman–Crippen LogP) is 2.43. The molecule has 0 bridgehead atoms. The summed E-state index contributed by atoms with van der Waals surface area (Å²) < 4.78 is 0. The Morgan fingerprint density at radius 2 is 1.68 bits per heavy atom. The van der Waals surface area contributed by atoms with Gasteiger partial charge in [-0.15, -0.1) is 0 Å². The molecule has 1 aliphatic heterocycles. The molecule has 1 amide bonds. The Morgan fingerprint density at radius 3 is 2.32 bits per heavy atom. The Hall–Kier alpha value is -0.830. The molecule has 1 saturated carbocycles. The SMILES string of the molecule is O=C(C1CC=CCC1)N1CCN(C2CCCC2)CC1. The fourth-order valence-corrected chi connectivity index (χ4v) is 3.85. The molecule has 0 aromatic carbocycles. The maximum Gasteiger partial charge on any atom is 0.226 e. The zero-order chi connectivity index (χ0) is 13.1. The van der Waals surface area contributed by atoms with Gasteiger partial charge in [0, 0.05) is 38.1 Å². The fraction of sp³-hybridized carbons (Fsp3) is 0.812. The van der Waals surface area contributed by atoms with Crippen molar-refractivity contribution in [3.63, 3.8) is 0 Å². The molecule has 0 aromatic rings. The van der Waals surface area contributed by atoms with E-state index < -0.39 is 0 Å². The zero-order valence-corrected chi connectivity index (χ0v) is 11.9. The molecule has 3 nitrogen and oxygen atoms in total. The highest BCUT2D eigenvalue weighted by Crippen LogP contribution is 2.25. The Balaban J connectivity index is 1.49. The number of carbonyl (C=O) groups excluding carboxylic acids is 1. The molecule has 1 unspecified atom stereocenters. The van der Waals surface area contributed by atoms with Gasteiger partial charge in [0.15, 0.2) is 0 Å². The van der Waals surface area contributed by atoms with E-state index in [0.717, 1.165) is 51.5 Å². The van der Waals surface area contributed by atoms with Gasteiger partial charge in [0.05, 0.1) is 0 Å². The van der Waals surface area contributed by atoms with E-state index in [1.807, 2.05) is 0 Å². The summed E-state index contributed by atoms with van der Waals surface area (Å²) in [6.07, 6.45) is 13.0. The van der Waals surface area contributed by atoms with E-state index >= 15 is 0 Å². The van der Waals surface area contributed by atoms with Crippen molar-refractivity contribution in [2.24, 2.45) is 5.92 Å². The third-order valence-corrected chi connectivity index (χ3v) is 5.09. The lowest BCUT2D eigenvalue weighted by Gasteiger charge is -2.39. The van der Waals surface area contributed by atoms with Crippen LogP contribution in [-0.4, -0.2) is 47.9 Å². The van der Waals surface area contributed by atoms with Crippen molar-refractivity contribution < 1.29 is 4.79 Å². The van der Waals surface area contributed by atoms with E-state index in [1.165, 1.54) is 25.7 Å². The van der Waals surface area contributed by atoms with Crippen molar-refractivity contribution in [1.82, 2.24) is 9.80 Å². The Labute approximate surface area is 116 Å². The predicted molar refractivity (Wildman–Crippen MR) is 76.9 cm³/mol. The molecular weight excluding hydrogens is 236 g/mol. The summed E-state index contributed by atoms with van der Waals surface area (Å²) >= 11 is 0. The van der Waals surface area contributed by atoms with Gasteiger partial charge < -0.3 is 4.90 Å². The van der Waals surface area contributed by atoms with Gasteiger partial charge >= 0.3 is 0 Å². The number of hydrogen-bond donors (Lipinski definition) is 0. The van der Waals surface area contributed by atoms with Gasteiger partial charge in [0.2, 0.25) is 5.91 Å². The summed E-state index contributed by atoms with van der Waals surface area (Å²) in [7, 11) is 0. The van der Waals surface area contributed by atoms with Crippen molar-refractivity contribution >= 4 is 5.91 Å². The van der Waals surface area contributed by atoms with Gasteiger partial charge in [-0.25, -0.2) is 0 Å². The summed E-state index contributed by atoms with van der Waals surface area (Å²) in [5, 5.41) is 0. The number of rotatable bonds is 2. The monoisotopic (exact) mass is 262 g/mol. The van der Waals surface area contributed by atoms with Crippen LogP contribution in [0.25, 0.3) is 0 Å². The topological polar surface area (TPSA) is 23.6 Å². The lowest BCUT2D eigenvalue weighted by Crippen LogP contribution is -2.52. The van der Waals surface area contributed by atoms with Crippen LogP contribution >= 0.6 is 0 Å². The first-order chi connectivity index (χ1) is 9.34. The van der Waals surface area contributed by atoms with Crippen LogP contribution in [0.15, 0.2) is 12.2 Å². The number of piperazine rings is 1. The zero-order valence-electron chi connectivity index (χ0n) is 11.9. The highest BCUT2D eigenvalue weighted by molar-refractivity contribution is 5.79. The van der Waals surface area contributed by atoms with Gasteiger partial charge in [0.25, 0.3) is 0 Å². The van der Waals surface area contributed by atoms with Gasteiger partial charge in [-0.05, 0) is 32.1 Å². The highest BCUT2D eigenvalue weighted by atomic mass is 16.2. The minimum atomic E-state index is 0.267. The van der Waals surface area contributed by atoms with Crippen LogP contribution in [0.4, 0.5) is 0 Å². The molecule has 3 rings (SSSR count). The van der Waals surface area contributed by atoms with Crippen LogP contribution in [0.2, 0.25) is 0 Å². The Kier molecular flexibility index (Phi) is 4.21. The molecule has 0 radical (unpaired) electrons. The van der Waals surface area contributed by atoms with E-state index in [9.17, 15) is 4.79 Å². The van der Waals surface area contributed by atoms with Gasteiger partial charge in [-0.3, -0.25) is 9.69 Å². The lowest BCUT2D eigenvalue weighted by atomic mass is 9.93. The first-order valence-electron chi connectivity index (χ1n) is 8.02. The molecule has 0 aromatic heterocycles. The average molecular weight is 262 g/mol. The van der Waals surface area contributed by atoms with Crippen LogP contribution in [0.3, 0.4) is 0 Å². The molecule has 3 aliphatic rings. The third-order valence-electron chi connectivity index (χ3n) is 5.09. The van der Waals surface area contributed by atoms with Crippen molar-refractivity contribution in [2.45, 2.75) is 51.0 Å². The molecular formula is C16H26N2O. The standard InChI is InChI=1S/C16H26N2O/c19-16(14-6-2-1-3-7-14)18-12-10-17(11-13-18)15-8-4-5-9-15/h1-2,14-15H,3-13H2. The largest absolute Gasteiger partial charge is 0.340 e. The summed E-state index contributed by atoms with van der Waals surface area (Å²) in [5.74, 6) is 0.679. The lowest BCUT2D eigenvalue weighted by molar-refractivity contribution is -0.137. The van der Waals surface area contributed by atoms with Crippen molar-refractivity contribution in [3.8, 4) is 0 Å². The molecule has 0 spiro atoms. The second kappa shape index (κ2) is 6.08. The van der Waals surface area contributed by atoms with E-state index in [4.69, 9.17) is 0 Å². The molecule has 3 heteroatoms. The Bertz CT molecular complexity index is 339. The normalized spacial score (nSPS) is 29.9. The summed E-state index contributed by atoms with van der Waals surface area (Å²) in [6.45, 7) is 4.10. The van der Waals surface area contributed by atoms with Crippen LogP contribution in [0.1, 0.15) is 44.9 Å². The first kappa shape index (κ1) is 13.2. The maximum absolute atomic E-state index is 12.5. The van der Waals surface area contributed by atoms with Gasteiger partial charge in [-0.2, -0.15) is 0 Å². The number of nitrogens with zero attached hydrogens (tertiary/aromatic N) is 2. The number of carbonyl (C=O) groups is 1. The number of hydrogen-bond acceptors (Lipinski definition) is 2. The fourth-order valence-electron chi connectivity index (χ4n) is 3.85. The van der Waals surface area contributed by atoms with Crippen LogP contribution in [-0.2, 0) is 4.79 Å². The second-order valence-electron chi connectivity index (χ2n) is 6.28. The van der Waals surface area contributed by atoms with Crippen molar-refractivity contribution in [1.29, 1.82) is 0 Å². The first-order valence-corrected chi connectivity index (χ1v) is 8.02. The molecule has 1 saturated heterocycles. The molecule has 1 atom stereocenters. The van der Waals surface area contributed by atoms with Crippen molar-refractivity contribution in [2.75, 3.05) is 26.2 Å². The molecule has 106 valence electrons. The molecule has 19 heavy (non-hydrogen) atoms. The third kappa shape index (κ3) is 3.02. The molecule has 0 N–H and O–H groups in total. The second-order valence-corrected chi connectivity index (χ2v) is 6.28. The summed E-state index contributed by atoms with van der Waals surface area (Å²) in [4.78, 5) is 17.2. The molecule has 2 fully saturated rings. The van der Waals surface area contributed by atoms with E-state index in [2.05, 4.69) is 22.0 Å². The molecule has 2 aliphatic carbocycles. The minimum Gasteiger partial charge on any atom is -0.340 e. The quantitative estimate of drug-likeness (QED) is 0.714. The van der Waals surface area contributed by atoms with Gasteiger partial charge in [0.1, 0.15) is 0 Å². The summed E-state index contributed by atoms with van der Waals surface area (Å²) in [6, 6.07) is 0.815. The highest BCUT2D eigenvalue weighted by Gasteiger charge is 2.30. The van der Waals surface area contributed by atoms with E-state index in [0.29, 0.717) is 5.91 Å². The molecule has 1 heterocycles. The minimum absolute atomic E-state index is 0.267. The average Bonchev–Trinajstić information content (AvgIpc) is 3.02. The smallest absolute Gasteiger partial charge is 0.226 e. The van der Waals surface area contributed by atoms with Crippen LogP contribution < -0.4 is 0 Å².